The summed E-state index contributed by atoms with van der Waals surface area (Å²) >= 11 is 6.03. The van der Waals surface area contributed by atoms with Crippen LogP contribution in [-0.2, 0) is 22.6 Å². The maximum atomic E-state index is 13.7. The van der Waals surface area contributed by atoms with Crippen LogP contribution in [0.5, 0.6) is 0 Å². The van der Waals surface area contributed by atoms with E-state index < -0.39 is 24.2 Å². The van der Waals surface area contributed by atoms with Gasteiger partial charge in [-0.1, -0.05) is 73.3 Å². The van der Waals surface area contributed by atoms with Crippen molar-refractivity contribution in [1.82, 2.24) is 14.9 Å². The summed E-state index contributed by atoms with van der Waals surface area (Å²) in [4.78, 5) is 34.2. The summed E-state index contributed by atoms with van der Waals surface area (Å²) in [5.74, 6) is -1.73. The summed E-state index contributed by atoms with van der Waals surface area (Å²) in [7, 11) is 0. The molecule has 1 saturated carbocycles. The summed E-state index contributed by atoms with van der Waals surface area (Å²) in [5, 5.41) is 1.24. The molecule has 10 heteroatoms. The number of hydrogen-bond acceptors (Lipinski definition) is 4. The Bertz CT molecular complexity index is 1100. The van der Waals surface area contributed by atoms with Crippen molar-refractivity contribution in [3.63, 3.8) is 0 Å². The highest BCUT2D eigenvalue weighted by Gasteiger charge is 2.45. The molecule has 2 aromatic rings. The Kier molecular flexibility index (Phi) is 11.3. The Hall–Kier alpha value is -2.78. The molecule has 1 aliphatic carbocycles. The molecule has 0 unspecified atom stereocenters. The van der Waals surface area contributed by atoms with Crippen molar-refractivity contribution in [2.45, 2.75) is 76.6 Å². The van der Waals surface area contributed by atoms with Crippen LogP contribution in [0.3, 0.4) is 0 Å². The number of amides is 2. The van der Waals surface area contributed by atoms with Gasteiger partial charge >= 0.3 is 18.2 Å². The number of carbonyl (C=O) groups is 2. The smallest absolute Gasteiger partial charge is 0.328 e. The minimum atomic E-state index is -5.19. The van der Waals surface area contributed by atoms with Crippen LogP contribution < -0.4 is 0 Å². The minimum absolute atomic E-state index is 0.169. The van der Waals surface area contributed by atoms with E-state index in [1.165, 1.54) is 10.5 Å². The summed E-state index contributed by atoms with van der Waals surface area (Å²) < 4.78 is 39.4. The van der Waals surface area contributed by atoms with Crippen molar-refractivity contribution in [2.75, 3.05) is 26.2 Å². The molecule has 4 rings (SSSR count). The Morgan fingerprint density at radius 2 is 1.56 bits per heavy atom. The maximum absolute atomic E-state index is 13.7. The second-order valence-electron chi connectivity index (χ2n) is 11.2. The normalized spacial score (nSPS) is 17.3. The number of likely N-dealkylation sites (tertiary alicyclic amines) is 1. The first-order valence-electron chi connectivity index (χ1n) is 14.6. The van der Waals surface area contributed by atoms with Crippen molar-refractivity contribution in [3.8, 4) is 0 Å². The molecule has 0 N–H and O–H groups in total. The van der Waals surface area contributed by atoms with E-state index in [2.05, 4.69) is 29.2 Å². The van der Waals surface area contributed by atoms with Gasteiger partial charge in [0, 0.05) is 18.1 Å². The van der Waals surface area contributed by atoms with Crippen molar-refractivity contribution >= 4 is 23.6 Å². The molecule has 41 heavy (non-hydrogen) atoms. The van der Waals surface area contributed by atoms with Crippen molar-refractivity contribution in [1.29, 1.82) is 0 Å². The van der Waals surface area contributed by atoms with E-state index in [1.54, 1.807) is 24.3 Å². The third-order valence-electron chi connectivity index (χ3n) is 8.04. The van der Waals surface area contributed by atoms with Crippen molar-refractivity contribution in [2.24, 2.45) is 5.92 Å². The van der Waals surface area contributed by atoms with Crippen LogP contribution in [0.2, 0.25) is 5.02 Å². The molecule has 2 amide bonds. The molecule has 0 atom stereocenters. The molecule has 1 aliphatic heterocycles. The highest BCUT2D eigenvalue weighted by molar-refractivity contribution is 6.30. The van der Waals surface area contributed by atoms with E-state index in [-0.39, 0.29) is 6.54 Å². The zero-order valence-electron chi connectivity index (χ0n) is 23.3. The summed E-state index contributed by atoms with van der Waals surface area (Å²) in [6.07, 6.45) is 2.16. The van der Waals surface area contributed by atoms with Crippen LogP contribution in [0, 0.1) is 5.92 Å². The van der Waals surface area contributed by atoms with E-state index in [9.17, 15) is 22.8 Å². The number of hydroxylamine groups is 2. The Morgan fingerprint density at radius 1 is 0.902 bits per heavy atom. The molecule has 0 spiro atoms. The average Bonchev–Trinajstić information content (AvgIpc) is 2.97. The quantitative estimate of drug-likeness (QED) is 0.287. The lowest BCUT2D eigenvalue weighted by atomic mass is 9.90. The molecule has 2 fully saturated rings. The lowest BCUT2D eigenvalue weighted by Gasteiger charge is -2.36. The van der Waals surface area contributed by atoms with Crippen LogP contribution in [0.15, 0.2) is 54.6 Å². The molecule has 1 saturated heterocycles. The zero-order chi connectivity index (χ0) is 29.2. The van der Waals surface area contributed by atoms with Gasteiger partial charge in [0.1, 0.15) is 0 Å². The molecular formula is C31H39ClF3N3O3. The van der Waals surface area contributed by atoms with E-state index in [1.807, 2.05) is 6.07 Å². The summed E-state index contributed by atoms with van der Waals surface area (Å²) in [6, 6.07) is 16.2. The number of benzene rings is 2. The third-order valence-corrected chi connectivity index (χ3v) is 8.29. The average molecular weight is 594 g/mol. The first kappa shape index (κ1) is 31.2. The molecule has 6 nitrogen and oxygen atoms in total. The van der Waals surface area contributed by atoms with Crippen molar-refractivity contribution in [3.05, 3.63) is 70.7 Å². The van der Waals surface area contributed by atoms with E-state index in [4.69, 9.17) is 16.4 Å². The lowest BCUT2D eigenvalue weighted by Crippen LogP contribution is -2.51. The van der Waals surface area contributed by atoms with Gasteiger partial charge in [0.15, 0.2) is 0 Å². The lowest BCUT2D eigenvalue weighted by molar-refractivity contribution is -0.236. The fourth-order valence-electron chi connectivity index (χ4n) is 5.77. The Labute approximate surface area is 245 Å². The van der Waals surface area contributed by atoms with Gasteiger partial charge in [-0.3, -0.25) is 0 Å². The third kappa shape index (κ3) is 9.64. The fourth-order valence-corrected chi connectivity index (χ4v) is 5.89. The summed E-state index contributed by atoms with van der Waals surface area (Å²) in [5.41, 5.74) is 2.14. The maximum Gasteiger partial charge on any atom is 0.493 e. The number of urea groups is 1. The molecule has 0 aromatic heterocycles. The van der Waals surface area contributed by atoms with E-state index in [0.717, 1.165) is 63.7 Å². The van der Waals surface area contributed by atoms with Crippen LogP contribution >= 0.6 is 11.6 Å². The van der Waals surface area contributed by atoms with E-state index >= 15 is 0 Å². The second-order valence-corrected chi connectivity index (χ2v) is 11.6. The highest BCUT2D eigenvalue weighted by atomic mass is 35.5. The number of alkyl halides is 3. The molecule has 1 heterocycles. The fraction of sp³-hybridized carbons (Fsp3) is 0.548. The Balaban J connectivity index is 1.39. The number of carbonyl (C=O) groups excluding carboxylic acids is 2. The van der Waals surface area contributed by atoms with Crippen LogP contribution in [-0.4, -0.2) is 65.3 Å². The molecule has 224 valence electrons. The number of halogens is 4. The van der Waals surface area contributed by atoms with Gasteiger partial charge in [-0.05, 0) is 87.3 Å². The zero-order valence-corrected chi connectivity index (χ0v) is 24.1. The molecule has 0 bridgehead atoms. The van der Waals surface area contributed by atoms with Gasteiger partial charge in [-0.15, -0.1) is 5.06 Å². The first-order valence-corrected chi connectivity index (χ1v) is 14.9. The predicted octanol–water partition coefficient (Wildman–Crippen LogP) is 7.26. The largest absolute Gasteiger partial charge is 0.493 e. The second kappa shape index (κ2) is 14.9. The van der Waals surface area contributed by atoms with Gasteiger partial charge in [-0.2, -0.15) is 13.2 Å². The number of piperidine rings is 1. The topological polar surface area (TPSA) is 53.1 Å². The molecule has 2 aliphatic rings. The van der Waals surface area contributed by atoms with Crippen LogP contribution in [0.4, 0.5) is 18.0 Å². The van der Waals surface area contributed by atoms with Crippen molar-refractivity contribution < 1.29 is 27.6 Å². The SMILES string of the molecule is O=C(N(CCCN1CCC(Cc2ccccc2)CC1)Cc1ccc(Cl)cc1)N(OC(=O)C(F)(F)F)C1CCCCC1. The van der Waals surface area contributed by atoms with E-state index in [0.29, 0.717) is 41.8 Å². The van der Waals surface area contributed by atoms with Gasteiger partial charge < -0.3 is 14.6 Å². The van der Waals surface area contributed by atoms with Gasteiger partial charge in [0.05, 0.1) is 6.04 Å². The molecular weight excluding hydrogens is 555 g/mol. The number of hydrogen-bond donors (Lipinski definition) is 0. The van der Waals surface area contributed by atoms with Crippen LogP contribution in [0.25, 0.3) is 0 Å². The van der Waals surface area contributed by atoms with Gasteiger partial charge in [-0.25, -0.2) is 9.59 Å². The van der Waals surface area contributed by atoms with Gasteiger partial charge in [0.25, 0.3) is 0 Å². The monoisotopic (exact) mass is 593 g/mol. The number of nitrogens with zero attached hydrogens (tertiary/aromatic N) is 3. The highest BCUT2D eigenvalue weighted by Crippen LogP contribution is 2.27. The summed E-state index contributed by atoms with van der Waals surface area (Å²) in [6.45, 7) is 3.20. The van der Waals surface area contributed by atoms with Gasteiger partial charge in [0.2, 0.25) is 0 Å². The predicted molar refractivity (Wildman–Crippen MR) is 152 cm³/mol. The molecule has 2 aromatic carbocycles. The first-order chi connectivity index (χ1) is 19.7. The minimum Gasteiger partial charge on any atom is -0.328 e. The Morgan fingerprint density at radius 3 is 2.20 bits per heavy atom. The standard InChI is InChI=1S/C31H39ClF3N3O3/c32-27-14-12-26(13-15-27)23-37(30(40)38(28-10-5-2-6-11-28)41-29(39)31(33,34)35)19-7-18-36-20-16-25(17-21-36)22-24-8-3-1-4-9-24/h1,3-4,8-9,12-15,25,28H,2,5-7,10-11,16-23H2. The number of rotatable bonds is 9. The molecule has 0 radical (unpaired) electrons. The van der Waals surface area contributed by atoms with Crippen LogP contribution in [0.1, 0.15) is 62.5 Å².